The van der Waals surface area contributed by atoms with E-state index < -0.39 is 0 Å². The Kier molecular flexibility index (Phi) is 4.41. The second-order valence-corrected chi connectivity index (χ2v) is 4.18. The van der Waals surface area contributed by atoms with E-state index in [1.807, 2.05) is 6.26 Å². The standard InChI is InChI=1S/C8H13ClN4OS/c1-12(2)6-10-7(14)13(5-4-9)8(11-6)15-3/h4-5H2,1-3H3. The molecule has 0 bridgehead atoms. The van der Waals surface area contributed by atoms with E-state index in [0.29, 0.717) is 23.5 Å². The number of hydrogen-bond acceptors (Lipinski definition) is 5. The average Bonchev–Trinajstić information content (AvgIpc) is 2.20. The van der Waals surface area contributed by atoms with Crippen LogP contribution >= 0.6 is 23.4 Å². The van der Waals surface area contributed by atoms with Crippen LogP contribution in [0.2, 0.25) is 0 Å². The molecule has 0 saturated heterocycles. The molecule has 0 amide bonds. The Morgan fingerprint density at radius 2 is 2.13 bits per heavy atom. The second kappa shape index (κ2) is 5.37. The molecule has 0 saturated carbocycles. The maximum absolute atomic E-state index is 11.6. The fraction of sp³-hybridized carbons (Fsp3) is 0.625. The molecule has 0 aliphatic rings. The number of rotatable bonds is 4. The molecule has 15 heavy (non-hydrogen) atoms. The SMILES string of the molecule is CSc1nc(N(C)C)nc(=O)n1CCCl. The molecule has 5 nitrogen and oxygen atoms in total. The lowest BCUT2D eigenvalue weighted by Crippen LogP contribution is -2.29. The van der Waals surface area contributed by atoms with Crippen molar-refractivity contribution < 1.29 is 0 Å². The van der Waals surface area contributed by atoms with Gasteiger partial charge < -0.3 is 4.90 Å². The van der Waals surface area contributed by atoms with Gasteiger partial charge in [0.05, 0.1) is 0 Å². The van der Waals surface area contributed by atoms with Crippen molar-refractivity contribution in [3.8, 4) is 0 Å². The zero-order valence-corrected chi connectivity index (χ0v) is 10.5. The lowest BCUT2D eigenvalue weighted by Gasteiger charge is -2.13. The van der Waals surface area contributed by atoms with Gasteiger partial charge >= 0.3 is 5.69 Å². The number of alkyl halides is 1. The largest absolute Gasteiger partial charge is 0.352 e. The number of halogens is 1. The Morgan fingerprint density at radius 3 is 2.60 bits per heavy atom. The van der Waals surface area contributed by atoms with Crippen LogP contribution in [0.3, 0.4) is 0 Å². The van der Waals surface area contributed by atoms with E-state index in [0.717, 1.165) is 0 Å². The summed E-state index contributed by atoms with van der Waals surface area (Å²) in [6.07, 6.45) is 1.87. The van der Waals surface area contributed by atoms with Crippen molar-refractivity contribution in [3.63, 3.8) is 0 Å². The Balaban J connectivity index is 3.24. The van der Waals surface area contributed by atoms with Gasteiger partial charge in [-0.2, -0.15) is 9.97 Å². The van der Waals surface area contributed by atoms with Crippen molar-refractivity contribution in [1.82, 2.24) is 14.5 Å². The molecule has 0 aliphatic heterocycles. The third kappa shape index (κ3) is 2.85. The van der Waals surface area contributed by atoms with Crippen molar-refractivity contribution in [2.24, 2.45) is 0 Å². The molecule has 0 radical (unpaired) electrons. The topological polar surface area (TPSA) is 51.0 Å². The van der Waals surface area contributed by atoms with E-state index in [2.05, 4.69) is 9.97 Å². The van der Waals surface area contributed by atoms with E-state index in [9.17, 15) is 4.79 Å². The summed E-state index contributed by atoms with van der Waals surface area (Å²) >= 11 is 7.01. The fourth-order valence-corrected chi connectivity index (χ4v) is 1.76. The molecular formula is C8H13ClN4OS. The fourth-order valence-electron chi connectivity index (χ4n) is 1.03. The van der Waals surface area contributed by atoms with Gasteiger partial charge in [-0.3, -0.25) is 4.57 Å². The second-order valence-electron chi connectivity index (χ2n) is 3.03. The highest BCUT2D eigenvalue weighted by Gasteiger charge is 2.09. The van der Waals surface area contributed by atoms with Gasteiger partial charge in [0.25, 0.3) is 0 Å². The molecular weight excluding hydrogens is 236 g/mol. The van der Waals surface area contributed by atoms with Gasteiger partial charge in [0.15, 0.2) is 5.16 Å². The van der Waals surface area contributed by atoms with Crippen molar-refractivity contribution in [1.29, 1.82) is 0 Å². The molecule has 1 aromatic heterocycles. The summed E-state index contributed by atoms with van der Waals surface area (Å²) in [6.45, 7) is 0.435. The number of anilines is 1. The van der Waals surface area contributed by atoms with E-state index in [-0.39, 0.29) is 5.69 Å². The van der Waals surface area contributed by atoms with E-state index in [4.69, 9.17) is 11.6 Å². The third-order valence-electron chi connectivity index (χ3n) is 1.74. The van der Waals surface area contributed by atoms with Crippen LogP contribution < -0.4 is 10.6 Å². The summed E-state index contributed by atoms with van der Waals surface area (Å²) in [5, 5.41) is 0.638. The minimum atomic E-state index is -0.307. The van der Waals surface area contributed by atoms with Gasteiger partial charge in [0.2, 0.25) is 5.95 Å². The van der Waals surface area contributed by atoms with Gasteiger partial charge in [0.1, 0.15) is 0 Å². The molecule has 0 N–H and O–H groups in total. The molecule has 1 rings (SSSR count). The smallest absolute Gasteiger partial charge is 0.347 e. The molecule has 0 spiro atoms. The molecule has 0 fully saturated rings. The van der Waals surface area contributed by atoms with Crippen LogP contribution in [-0.4, -0.2) is 40.8 Å². The summed E-state index contributed by atoms with van der Waals surface area (Å²) in [7, 11) is 3.59. The summed E-state index contributed by atoms with van der Waals surface area (Å²) < 4.78 is 1.48. The number of hydrogen-bond donors (Lipinski definition) is 0. The first-order chi connectivity index (χ1) is 7.10. The summed E-state index contributed by atoms with van der Waals surface area (Å²) in [5.41, 5.74) is -0.307. The molecule has 7 heteroatoms. The average molecular weight is 249 g/mol. The highest BCUT2D eigenvalue weighted by molar-refractivity contribution is 7.98. The van der Waals surface area contributed by atoms with Crippen LogP contribution in [0.25, 0.3) is 0 Å². The quantitative estimate of drug-likeness (QED) is 0.579. The zero-order valence-electron chi connectivity index (χ0n) is 8.90. The van der Waals surface area contributed by atoms with Crippen molar-refractivity contribution in [3.05, 3.63) is 10.5 Å². The summed E-state index contributed by atoms with van der Waals surface area (Å²) in [4.78, 5) is 21.4. The molecule has 1 heterocycles. The first-order valence-electron chi connectivity index (χ1n) is 4.36. The van der Waals surface area contributed by atoms with Crippen LogP contribution in [0.5, 0.6) is 0 Å². The first-order valence-corrected chi connectivity index (χ1v) is 6.12. The van der Waals surface area contributed by atoms with Gasteiger partial charge in [-0.15, -0.1) is 11.6 Å². The zero-order chi connectivity index (χ0) is 11.4. The van der Waals surface area contributed by atoms with Crippen LogP contribution in [0.4, 0.5) is 5.95 Å². The third-order valence-corrected chi connectivity index (χ3v) is 2.59. The van der Waals surface area contributed by atoms with Gasteiger partial charge in [-0.05, 0) is 6.26 Å². The molecule has 0 aliphatic carbocycles. The minimum Gasteiger partial charge on any atom is -0.347 e. The van der Waals surface area contributed by atoms with E-state index in [1.165, 1.54) is 16.3 Å². The molecule has 1 aromatic rings. The summed E-state index contributed by atoms with van der Waals surface area (Å²) in [6, 6.07) is 0. The highest BCUT2D eigenvalue weighted by atomic mass is 35.5. The first kappa shape index (κ1) is 12.3. The van der Waals surface area contributed by atoms with Crippen molar-refractivity contribution in [2.75, 3.05) is 31.1 Å². The molecule has 0 aromatic carbocycles. The maximum Gasteiger partial charge on any atom is 0.352 e. The number of thioether (sulfide) groups is 1. The van der Waals surface area contributed by atoms with E-state index in [1.54, 1.807) is 19.0 Å². The Morgan fingerprint density at radius 1 is 1.47 bits per heavy atom. The summed E-state index contributed by atoms with van der Waals surface area (Å²) in [5.74, 6) is 0.799. The Bertz CT molecular complexity index is 393. The number of nitrogens with zero attached hydrogens (tertiary/aromatic N) is 4. The monoisotopic (exact) mass is 248 g/mol. The van der Waals surface area contributed by atoms with Crippen molar-refractivity contribution >= 4 is 29.3 Å². The van der Waals surface area contributed by atoms with Crippen molar-refractivity contribution in [2.45, 2.75) is 11.7 Å². The Labute approximate surface area is 97.5 Å². The predicted molar refractivity (Wildman–Crippen MR) is 63.1 cm³/mol. The van der Waals surface area contributed by atoms with Gasteiger partial charge in [-0.25, -0.2) is 4.79 Å². The molecule has 84 valence electrons. The van der Waals surface area contributed by atoms with Gasteiger partial charge in [-0.1, -0.05) is 11.8 Å². The normalized spacial score (nSPS) is 10.4. The maximum atomic E-state index is 11.6. The van der Waals surface area contributed by atoms with Crippen LogP contribution in [0, 0.1) is 0 Å². The van der Waals surface area contributed by atoms with E-state index >= 15 is 0 Å². The predicted octanol–water partition coefficient (Wildman–Crippen LogP) is 0.665. The lowest BCUT2D eigenvalue weighted by molar-refractivity contribution is 0.597. The van der Waals surface area contributed by atoms with Crippen LogP contribution in [0.15, 0.2) is 9.95 Å². The highest BCUT2D eigenvalue weighted by Crippen LogP contribution is 2.12. The molecule has 0 atom stereocenters. The number of aromatic nitrogens is 3. The minimum absolute atomic E-state index is 0.307. The van der Waals surface area contributed by atoms with Gasteiger partial charge in [0, 0.05) is 26.5 Å². The van der Waals surface area contributed by atoms with Crippen LogP contribution in [0.1, 0.15) is 0 Å². The Hall–Kier alpha value is -0.750. The molecule has 0 unspecified atom stereocenters. The lowest BCUT2D eigenvalue weighted by atomic mass is 10.7. The van der Waals surface area contributed by atoms with Crippen LogP contribution in [-0.2, 0) is 6.54 Å².